The smallest absolute Gasteiger partial charge is 0.124 e. The molecule has 0 aliphatic heterocycles. The van der Waals surface area contributed by atoms with E-state index in [2.05, 4.69) is 38.2 Å². The highest BCUT2D eigenvalue weighted by molar-refractivity contribution is 9.10. The van der Waals surface area contributed by atoms with Gasteiger partial charge < -0.3 is 0 Å². The minimum absolute atomic E-state index is 0.0138. The van der Waals surface area contributed by atoms with E-state index in [1.54, 1.807) is 17.4 Å². The highest BCUT2D eigenvalue weighted by atomic mass is 79.9. The van der Waals surface area contributed by atoms with Crippen LogP contribution in [0.2, 0.25) is 0 Å². The van der Waals surface area contributed by atoms with Crippen molar-refractivity contribution in [2.75, 3.05) is 0 Å². The molecular weight excluding hydrogens is 315 g/mol. The van der Waals surface area contributed by atoms with Gasteiger partial charge in [-0.15, -0.1) is 0 Å². The summed E-state index contributed by atoms with van der Waals surface area (Å²) in [5.74, 6) is 5.34. The molecule has 3 N–H and O–H groups in total. The summed E-state index contributed by atoms with van der Waals surface area (Å²) in [6.07, 6.45) is 1.82. The Morgan fingerprint density at radius 3 is 2.83 bits per heavy atom. The van der Waals surface area contributed by atoms with E-state index >= 15 is 0 Å². The fraction of sp³-hybridized carbons (Fsp3) is 0.231. The Hall–Kier alpha value is -0.750. The number of hydrogen-bond acceptors (Lipinski definition) is 3. The van der Waals surface area contributed by atoms with Gasteiger partial charge in [0.1, 0.15) is 5.82 Å². The number of benzene rings is 1. The number of rotatable bonds is 5. The topological polar surface area (TPSA) is 38.0 Å². The number of aryl methyl sites for hydroxylation is 1. The molecule has 0 saturated heterocycles. The molecule has 0 amide bonds. The Balaban J connectivity index is 2.08. The van der Waals surface area contributed by atoms with Gasteiger partial charge in [-0.1, -0.05) is 22.0 Å². The van der Waals surface area contributed by atoms with Crippen molar-refractivity contribution in [2.45, 2.75) is 18.9 Å². The van der Waals surface area contributed by atoms with Crippen LogP contribution in [-0.2, 0) is 6.42 Å². The normalized spacial score (nSPS) is 12.6. The molecule has 1 heterocycles. The molecule has 5 heteroatoms. The Morgan fingerprint density at radius 1 is 1.39 bits per heavy atom. The largest absolute Gasteiger partial charge is 0.271 e. The predicted molar refractivity (Wildman–Crippen MR) is 76.8 cm³/mol. The number of nitrogens with two attached hydrogens (primary N) is 1. The summed E-state index contributed by atoms with van der Waals surface area (Å²) in [5, 5.41) is 4.20. The zero-order valence-electron chi connectivity index (χ0n) is 9.70. The molecule has 1 aromatic carbocycles. The van der Waals surface area contributed by atoms with E-state index in [-0.39, 0.29) is 11.9 Å². The Bertz CT molecular complexity index is 502. The highest BCUT2D eigenvalue weighted by Crippen LogP contribution is 2.27. The van der Waals surface area contributed by atoms with Crippen LogP contribution in [0.4, 0.5) is 4.39 Å². The third-order valence-corrected chi connectivity index (χ3v) is 4.26. The van der Waals surface area contributed by atoms with Crippen molar-refractivity contribution in [3.05, 3.63) is 56.4 Å². The molecule has 0 radical (unpaired) electrons. The Kier molecular flexibility index (Phi) is 4.88. The molecule has 96 valence electrons. The monoisotopic (exact) mass is 328 g/mol. The second-order valence-electron chi connectivity index (χ2n) is 4.06. The maximum atomic E-state index is 13.0. The SMILES string of the molecule is NNC(CCc1ccsc1)c1ccc(F)cc1Br. The maximum absolute atomic E-state index is 13.0. The zero-order chi connectivity index (χ0) is 13.0. The van der Waals surface area contributed by atoms with E-state index in [0.29, 0.717) is 0 Å². The van der Waals surface area contributed by atoms with Gasteiger partial charge in [0.15, 0.2) is 0 Å². The highest BCUT2D eigenvalue weighted by Gasteiger charge is 2.13. The third-order valence-electron chi connectivity index (χ3n) is 2.84. The first-order valence-electron chi connectivity index (χ1n) is 5.63. The molecule has 0 aliphatic rings. The van der Waals surface area contributed by atoms with Crippen molar-refractivity contribution in [1.82, 2.24) is 5.43 Å². The number of nitrogens with one attached hydrogen (secondary N) is 1. The van der Waals surface area contributed by atoms with Crippen LogP contribution in [0.1, 0.15) is 23.6 Å². The molecule has 0 aliphatic carbocycles. The molecule has 1 atom stereocenters. The van der Waals surface area contributed by atoms with Crippen molar-refractivity contribution in [3.8, 4) is 0 Å². The number of hydrogen-bond donors (Lipinski definition) is 2. The maximum Gasteiger partial charge on any atom is 0.124 e. The van der Waals surface area contributed by atoms with Crippen LogP contribution in [0.25, 0.3) is 0 Å². The summed E-state index contributed by atoms with van der Waals surface area (Å²) in [6, 6.07) is 6.80. The first kappa shape index (κ1) is 13.7. The van der Waals surface area contributed by atoms with Gasteiger partial charge in [-0.05, 0) is 52.9 Å². The van der Waals surface area contributed by atoms with Crippen molar-refractivity contribution < 1.29 is 4.39 Å². The lowest BCUT2D eigenvalue weighted by molar-refractivity contribution is 0.513. The van der Waals surface area contributed by atoms with Gasteiger partial charge in [-0.2, -0.15) is 11.3 Å². The summed E-state index contributed by atoms with van der Waals surface area (Å²) in [7, 11) is 0. The van der Waals surface area contributed by atoms with Crippen molar-refractivity contribution >= 4 is 27.3 Å². The van der Waals surface area contributed by atoms with Gasteiger partial charge in [0.2, 0.25) is 0 Å². The van der Waals surface area contributed by atoms with E-state index in [9.17, 15) is 4.39 Å². The van der Waals surface area contributed by atoms with Crippen molar-refractivity contribution in [3.63, 3.8) is 0 Å². The number of hydrazine groups is 1. The van der Waals surface area contributed by atoms with Crippen LogP contribution in [0.5, 0.6) is 0 Å². The van der Waals surface area contributed by atoms with Gasteiger partial charge in [0, 0.05) is 10.5 Å². The number of halogens is 2. The molecule has 1 aromatic heterocycles. The van der Waals surface area contributed by atoms with Gasteiger partial charge in [0.05, 0.1) is 0 Å². The van der Waals surface area contributed by atoms with Crippen LogP contribution in [-0.4, -0.2) is 0 Å². The Morgan fingerprint density at radius 2 is 2.22 bits per heavy atom. The summed E-state index contributed by atoms with van der Waals surface area (Å²) in [4.78, 5) is 0. The minimum Gasteiger partial charge on any atom is -0.271 e. The molecule has 2 nitrogen and oxygen atoms in total. The average molecular weight is 329 g/mol. The van der Waals surface area contributed by atoms with Gasteiger partial charge in [-0.3, -0.25) is 11.3 Å². The van der Waals surface area contributed by atoms with E-state index in [1.165, 1.54) is 17.7 Å². The van der Waals surface area contributed by atoms with Crippen molar-refractivity contribution in [1.29, 1.82) is 0 Å². The molecule has 18 heavy (non-hydrogen) atoms. The molecular formula is C13H14BrFN2S. The summed E-state index contributed by atoms with van der Waals surface area (Å²) in [6.45, 7) is 0. The van der Waals surface area contributed by atoms with Crippen LogP contribution >= 0.6 is 27.3 Å². The lowest BCUT2D eigenvalue weighted by atomic mass is 10.0. The molecule has 2 rings (SSSR count). The molecule has 0 bridgehead atoms. The quantitative estimate of drug-likeness (QED) is 0.647. The summed E-state index contributed by atoms with van der Waals surface area (Å²) in [5.41, 5.74) is 5.08. The van der Waals surface area contributed by atoms with Gasteiger partial charge in [0.25, 0.3) is 0 Å². The van der Waals surface area contributed by atoms with E-state index in [4.69, 9.17) is 5.84 Å². The molecule has 0 fully saturated rings. The second-order valence-corrected chi connectivity index (χ2v) is 5.69. The van der Waals surface area contributed by atoms with Crippen LogP contribution in [0.3, 0.4) is 0 Å². The van der Waals surface area contributed by atoms with Crippen molar-refractivity contribution in [2.24, 2.45) is 5.84 Å². The molecule has 0 saturated carbocycles. The van der Waals surface area contributed by atoms with Crippen LogP contribution < -0.4 is 11.3 Å². The third kappa shape index (κ3) is 3.38. The van der Waals surface area contributed by atoms with E-state index < -0.39 is 0 Å². The minimum atomic E-state index is -0.251. The fourth-order valence-corrected chi connectivity index (χ4v) is 3.19. The molecule has 0 spiro atoms. The van der Waals surface area contributed by atoms with Gasteiger partial charge in [-0.25, -0.2) is 4.39 Å². The second kappa shape index (κ2) is 6.43. The summed E-state index contributed by atoms with van der Waals surface area (Å²) < 4.78 is 13.8. The standard InChI is InChI=1S/C13H14BrFN2S/c14-12-7-10(15)2-3-11(12)13(17-16)4-1-9-5-6-18-8-9/h2-3,5-8,13,17H,1,4,16H2. The lowest BCUT2D eigenvalue weighted by Gasteiger charge is -2.17. The van der Waals surface area contributed by atoms with Crippen LogP contribution in [0.15, 0.2) is 39.5 Å². The first-order chi connectivity index (χ1) is 8.70. The Labute approximate surface area is 118 Å². The fourth-order valence-electron chi connectivity index (χ4n) is 1.86. The summed E-state index contributed by atoms with van der Waals surface area (Å²) >= 11 is 5.06. The van der Waals surface area contributed by atoms with Crippen LogP contribution in [0, 0.1) is 5.82 Å². The van der Waals surface area contributed by atoms with E-state index in [1.807, 2.05) is 0 Å². The van der Waals surface area contributed by atoms with Gasteiger partial charge >= 0.3 is 0 Å². The predicted octanol–water partition coefficient (Wildman–Crippen LogP) is 3.79. The lowest BCUT2D eigenvalue weighted by Crippen LogP contribution is -2.28. The zero-order valence-corrected chi connectivity index (χ0v) is 12.1. The first-order valence-corrected chi connectivity index (χ1v) is 7.36. The molecule has 2 aromatic rings. The van der Waals surface area contributed by atoms with E-state index in [0.717, 1.165) is 22.9 Å². The average Bonchev–Trinajstić information content (AvgIpc) is 2.85. The molecule has 1 unspecified atom stereocenters. The number of thiophene rings is 1.